The van der Waals surface area contributed by atoms with Crippen LogP contribution in [0.1, 0.15) is 5.56 Å². The average Bonchev–Trinajstić information content (AvgIpc) is 2.31. The van der Waals surface area contributed by atoms with E-state index in [4.69, 9.17) is 5.26 Å². The number of halogens is 1. The lowest BCUT2D eigenvalue weighted by atomic mass is 10.0. The van der Waals surface area contributed by atoms with Crippen LogP contribution in [0, 0.1) is 17.1 Å². The zero-order chi connectivity index (χ0) is 10.7. The Balaban J connectivity index is 2.52. The highest BCUT2D eigenvalue weighted by atomic mass is 19.1. The summed E-state index contributed by atoms with van der Waals surface area (Å²) in [5.41, 5.74) is 1.92. The molecule has 2 aromatic carbocycles. The average molecular weight is 197 g/mol. The van der Waals surface area contributed by atoms with E-state index in [2.05, 4.69) is 0 Å². The predicted octanol–water partition coefficient (Wildman–Crippen LogP) is 3.36. The summed E-state index contributed by atoms with van der Waals surface area (Å²) in [7, 11) is 0. The molecule has 2 aromatic rings. The van der Waals surface area contributed by atoms with Gasteiger partial charge in [0.25, 0.3) is 0 Å². The van der Waals surface area contributed by atoms with E-state index in [9.17, 15) is 4.39 Å². The fraction of sp³-hybridized carbons (Fsp3) is 0. The van der Waals surface area contributed by atoms with Crippen molar-refractivity contribution in [3.8, 4) is 17.2 Å². The van der Waals surface area contributed by atoms with Gasteiger partial charge in [0.15, 0.2) is 0 Å². The van der Waals surface area contributed by atoms with Crippen LogP contribution in [0.3, 0.4) is 0 Å². The molecule has 15 heavy (non-hydrogen) atoms. The molecule has 0 heterocycles. The van der Waals surface area contributed by atoms with Gasteiger partial charge >= 0.3 is 0 Å². The van der Waals surface area contributed by atoms with Gasteiger partial charge in [0.2, 0.25) is 0 Å². The summed E-state index contributed by atoms with van der Waals surface area (Å²) in [6, 6.07) is 16.0. The number of nitriles is 1. The second-order valence-corrected chi connectivity index (χ2v) is 3.17. The number of hydrogen-bond donors (Lipinski definition) is 0. The quantitative estimate of drug-likeness (QED) is 0.687. The normalized spacial score (nSPS) is 9.60. The lowest BCUT2D eigenvalue weighted by Crippen LogP contribution is -1.85. The molecule has 0 aliphatic rings. The Hall–Kier alpha value is -2.14. The van der Waals surface area contributed by atoms with E-state index < -0.39 is 5.82 Å². The Labute approximate surface area is 87.4 Å². The Morgan fingerprint density at radius 1 is 0.933 bits per heavy atom. The number of hydrogen-bond acceptors (Lipinski definition) is 1. The molecule has 0 saturated carbocycles. The van der Waals surface area contributed by atoms with Crippen LogP contribution in [0.15, 0.2) is 48.5 Å². The van der Waals surface area contributed by atoms with Crippen molar-refractivity contribution in [1.82, 2.24) is 0 Å². The van der Waals surface area contributed by atoms with Crippen molar-refractivity contribution in [2.45, 2.75) is 0 Å². The summed E-state index contributed by atoms with van der Waals surface area (Å²) < 4.78 is 13.1. The third-order valence-electron chi connectivity index (χ3n) is 2.19. The van der Waals surface area contributed by atoms with E-state index in [1.54, 1.807) is 12.1 Å². The fourth-order valence-electron chi connectivity index (χ4n) is 1.42. The second kappa shape index (κ2) is 3.93. The zero-order valence-electron chi connectivity index (χ0n) is 7.94. The van der Waals surface area contributed by atoms with Gasteiger partial charge in [0, 0.05) is 0 Å². The van der Waals surface area contributed by atoms with Gasteiger partial charge in [0.05, 0.1) is 5.56 Å². The van der Waals surface area contributed by atoms with Crippen molar-refractivity contribution in [3.05, 3.63) is 59.9 Å². The van der Waals surface area contributed by atoms with Crippen molar-refractivity contribution >= 4 is 0 Å². The van der Waals surface area contributed by atoms with Crippen molar-refractivity contribution in [2.24, 2.45) is 0 Å². The van der Waals surface area contributed by atoms with Gasteiger partial charge in [-0.3, -0.25) is 0 Å². The van der Waals surface area contributed by atoms with E-state index in [1.165, 1.54) is 6.07 Å². The third-order valence-corrected chi connectivity index (χ3v) is 2.19. The van der Waals surface area contributed by atoms with E-state index >= 15 is 0 Å². The maximum atomic E-state index is 13.1. The summed E-state index contributed by atoms with van der Waals surface area (Å²) >= 11 is 0. The number of nitrogens with zero attached hydrogens (tertiary/aromatic N) is 1. The van der Waals surface area contributed by atoms with Crippen molar-refractivity contribution in [2.75, 3.05) is 0 Å². The van der Waals surface area contributed by atoms with Gasteiger partial charge in [-0.1, -0.05) is 36.4 Å². The van der Waals surface area contributed by atoms with Gasteiger partial charge in [-0.15, -0.1) is 0 Å². The molecule has 0 aromatic heterocycles. The highest BCUT2D eigenvalue weighted by Crippen LogP contribution is 2.21. The Morgan fingerprint density at radius 2 is 1.67 bits per heavy atom. The van der Waals surface area contributed by atoms with E-state index in [0.29, 0.717) is 0 Å². The van der Waals surface area contributed by atoms with E-state index in [1.807, 2.05) is 36.4 Å². The summed E-state index contributed by atoms with van der Waals surface area (Å²) in [6.07, 6.45) is 0. The molecule has 0 unspecified atom stereocenters. The van der Waals surface area contributed by atoms with Gasteiger partial charge in [0.1, 0.15) is 11.9 Å². The first-order valence-electron chi connectivity index (χ1n) is 4.56. The smallest absolute Gasteiger partial charge is 0.140 e. The lowest BCUT2D eigenvalue weighted by Gasteiger charge is -2.01. The van der Waals surface area contributed by atoms with Crippen LogP contribution in [0.5, 0.6) is 0 Å². The van der Waals surface area contributed by atoms with Crippen molar-refractivity contribution < 1.29 is 4.39 Å². The Morgan fingerprint density at radius 3 is 2.33 bits per heavy atom. The highest BCUT2D eigenvalue weighted by Gasteiger charge is 2.03. The molecule has 0 N–H and O–H groups in total. The summed E-state index contributed by atoms with van der Waals surface area (Å²) in [5, 5.41) is 8.70. The summed E-state index contributed by atoms with van der Waals surface area (Å²) in [6.45, 7) is 0. The van der Waals surface area contributed by atoms with E-state index in [-0.39, 0.29) is 5.56 Å². The number of benzene rings is 2. The SMILES string of the molecule is N#Cc1cc(-c2ccccc2)ccc1F. The van der Waals surface area contributed by atoms with Crippen LogP contribution in [0.2, 0.25) is 0 Å². The molecule has 0 atom stereocenters. The first kappa shape index (κ1) is 9.42. The molecule has 0 bridgehead atoms. The van der Waals surface area contributed by atoms with Crippen molar-refractivity contribution in [3.63, 3.8) is 0 Å². The van der Waals surface area contributed by atoms with Crippen LogP contribution in [0.4, 0.5) is 4.39 Å². The maximum absolute atomic E-state index is 13.1. The van der Waals surface area contributed by atoms with Crippen LogP contribution < -0.4 is 0 Å². The molecular weight excluding hydrogens is 189 g/mol. The summed E-state index contributed by atoms with van der Waals surface area (Å²) in [4.78, 5) is 0. The molecule has 0 aliphatic heterocycles. The largest absolute Gasteiger partial charge is 0.206 e. The van der Waals surface area contributed by atoms with Gasteiger partial charge in [-0.25, -0.2) is 4.39 Å². The molecule has 0 saturated heterocycles. The van der Waals surface area contributed by atoms with Crippen LogP contribution in [-0.2, 0) is 0 Å². The molecule has 0 aliphatic carbocycles. The molecule has 0 spiro atoms. The van der Waals surface area contributed by atoms with Gasteiger partial charge in [-0.2, -0.15) is 5.26 Å². The number of rotatable bonds is 1. The topological polar surface area (TPSA) is 23.8 Å². The standard InChI is InChI=1S/C13H8FN/c14-13-7-6-11(8-12(13)9-15)10-4-2-1-3-5-10/h1-8H. The van der Waals surface area contributed by atoms with Crippen LogP contribution in [-0.4, -0.2) is 0 Å². The van der Waals surface area contributed by atoms with Gasteiger partial charge in [-0.05, 0) is 23.3 Å². The van der Waals surface area contributed by atoms with Crippen LogP contribution in [0.25, 0.3) is 11.1 Å². The Bertz CT molecular complexity index is 512. The molecule has 2 rings (SSSR count). The molecule has 72 valence electrons. The second-order valence-electron chi connectivity index (χ2n) is 3.17. The Kier molecular flexibility index (Phi) is 2.47. The minimum absolute atomic E-state index is 0.0800. The highest BCUT2D eigenvalue weighted by molar-refractivity contribution is 5.65. The first-order valence-corrected chi connectivity index (χ1v) is 4.56. The molecule has 0 amide bonds. The first-order chi connectivity index (χ1) is 7.31. The third kappa shape index (κ3) is 1.87. The van der Waals surface area contributed by atoms with Crippen molar-refractivity contribution in [1.29, 1.82) is 5.26 Å². The minimum atomic E-state index is -0.475. The maximum Gasteiger partial charge on any atom is 0.140 e. The zero-order valence-corrected chi connectivity index (χ0v) is 7.94. The monoisotopic (exact) mass is 197 g/mol. The molecular formula is C13H8FN. The molecule has 2 heteroatoms. The summed E-state index contributed by atoms with van der Waals surface area (Å²) in [5.74, 6) is -0.475. The van der Waals surface area contributed by atoms with Crippen LogP contribution >= 0.6 is 0 Å². The van der Waals surface area contributed by atoms with Gasteiger partial charge < -0.3 is 0 Å². The predicted molar refractivity (Wildman–Crippen MR) is 56.6 cm³/mol. The lowest BCUT2D eigenvalue weighted by molar-refractivity contribution is 0.624. The fourth-order valence-corrected chi connectivity index (χ4v) is 1.42. The molecule has 0 fully saturated rings. The molecule has 0 radical (unpaired) electrons. The molecule has 1 nitrogen and oxygen atoms in total. The minimum Gasteiger partial charge on any atom is -0.206 e. The van der Waals surface area contributed by atoms with E-state index in [0.717, 1.165) is 11.1 Å².